The van der Waals surface area contributed by atoms with Crippen molar-refractivity contribution in [3.63, 3.8) is 0 Å². The fraction of sp³-hybridized carbons (Fsp3) is 0.409. The van der Waals surface area contributed by atoms with Crippen LogP contribution in [0.1, 0.15) is 48.7 Å². The van der Waals surface area contributed by atoms with Gasteiger partial charge in [0.05, 0.1) is 18.2 Å². The number of nitrogens with zero attached hydrogens (tertiary/aromatic N) is 2. The Morgan fingerprint density at radius 2 is 1.90 bits per heavy atom. The fourth-order valence-electron chi connectivity index (χ4n) is 3.35. The van der Waals surface area contributed by atoms with Crippen LogP contribution in [0, 0.1) is 0 Å². The molecule has 1 saturated heterocycles. The van der Waals surface area contributed by atoms with E-state index in [9.17, 15) is 9.59 Å². The number of ether oxygens (including phenoxy) is 1. The van der Waals surface area contributed by atoms with Gasteiger partial charge in [-0.15, -0.1) is 0 Å². The van der Waals surface area contributed by atoms with Crippen LogP contribution in [0.2, 0.25) is 0 Å². The number of likely N-dealkylation sites (tertiary alicyclic amines) is 1. The first-order chi connectivity index (χ1) is 14.1. The monoisotopic (exact) mass is 396 g/mol. The highest BCUT2D eigenvalue weighted by atomic mass is 16.6. The summed E-state index contributed by atoms with van der Waals surface area (Å²) < 4.78 is 5.04. The van der Waals surface area contributed by atoms with E-state index in [1.165, 1.54) is 0 Å². The Morgan fingerprint density at radius 1 is 1.17 bits per heavy atom. The minimum Gasteiger partial charge on any atom is -0.450 e. The number of carbonyl (C=O) groups excluding carboxylic acids is 2. The van der Waals surface area contributed by atoms with Crippen LogP contribution < -0.4 is 10.6 Å². The lowest BCUT2D eigenvalue weighted by Gasteiger charge is -2.31. The number of aromatic nitrogens is 1. The van der Waals surface area contributed by atoms with Gasteiger partial charge in [-0.05, 0) is 44.4 Å². The van der Waals surface area contributed by atoms with Crippen molar-refractivity contribution in [2.45, 2.75) is 38.8 Å². The van der Waals surface area contributed by atoms with Gasteiger partial charge in [-0.1, -0.05) is 30.3 Å². The van der Waals surface area contributed by atoms with Crippen LogP contribution in [-0.2, 0) is 4.74 Å². The quantitative estimate of drug-likeness (QED) is 0.779. The van der Waals surface area contributed by atoms with Gasteiger partial charge in [-0.25, -0.2) is 9.78 Å². The minimum absolute atomic E-state index is 0.0777. The van der Waals surface area contributed by atoms with E-state index in [-0.39, 0.29) is 24.1 Å². The minimum atomic E-state index is -0.246. The molecule has 2 aromatic rings. The summed E-state index contributed by atoms with van der Waals surface area (Å²) in [7, 11) is 0. The van der Waals surface area contributed by atoms with Crippen LogP contribution in [0.4, 0.5) is 10.6 Å². The second-order valence-electron chi connectivity index (χ2n) is 7.14. The van der Waals surface area contributed by atoms with Crippen LogP contribution in [-0.4, -0.2) is 47.6 Å². The summed E-state index contributed by atoms with van der Waals surface area (Å²) in [5.74, 6) is 0.579. The molecule has 1 fully saturated rings. The number of nitrogens with one attached hydrogen (secondary N) is 2. The van der Waals surface area contributed by atoms with Crippen LogP contribution in [0.25, 0.3) is 0 Å². The normalized spacial score (nSPS) is 15.4. The van der Waals surface area contributed by atoms with E-state index >= 15 is 0 Å². The van der Waals surface area contributed by atoms with Crippen molar-refractivity contribution in [3.05, 3.63) is 59.8 Å². The molecule has 0 saturated carbocycles. The van der Waals surface area contributed by atoms with E-state index in [0.717, 1.165) is 24.2 Å². The van der Waals surface area contributed by atoms with Gasteiger partial charge in [0.2, 0.25) is 0 Å². The standard InChI is InChI=1S/C22H28N4O3/c1-3-29-22(28)26-13-11-19(12-14-26)25-20-10-9-18(15-23-20)21(27)24-16(2)17-7-5-4-6-8-17/h4-10,15-16,19H,3,11-14H2,1-2H3,(H,23,25)(H,24,27). The first-order valence-electron chi connectivity index (χ1n) is 10.1. The maximum Gasteiger partial charge on any atom is 0.409 e. The molecule has 2 heterocycles. The number of anilines is 1. The smallest absolute Gasteiger partial charge is 0.409 e. The van der Waals surface area contributed by atoms with Crippen molar-refractivity contribution < 1.29 is 14.3 Å². The largest absolute Gasteiger partial charge is 0.450 e. The Labute approximate surface area is 171 Å². The molecule has 7 nitrogen and oxygen atoms in total. The van der Waals surface area contributed by atoms with Crippen molar-refractivity contribution in [2.24, 2.45) is 0 Å². The van der Waals surface area contributed by atoms with Crippen molar-refractivity contribution in [1.29, 1.82) is 0 Å². The lowest BCUT2D eigenvalue weighted by molar-refractivity contribution is 0.0938. The van der Waals surface area contributed by atoms with Gasteiger partial charge in [-0.2, -0.15) is 0 Å². The number of hydrogen-bond donors (Lipinski definition) is 2. The second kappa shape index (κ2) is 9.91. The van der Waals surface area contributed by atoms with Gasteiger partial charge in [0.25, 0.3) is 5.91 Å². The number of carbonyl (C=O) groups is 2. The summed E-state index contributed by atoms with van der Waals surface area (Å²) in [6, 6.07) is 13.6. The van der Waals surface area contributed by atoms with Gasteiger partial charge in [0.15, 0.2) is 0 Å². The van der Waals surface area contributed by atoms with Crippen LogP contribution in [0.15, 0.2) is 48.7 Å². The van der Waals surface area contributed by atoms with E-state index in [4.69, 9.17) is 4.74 Å². The molecule has 1 aromatic heterocycles. The molecule has 1 aromatic carbocycles. The first kappa shape index (κ1) is 20.6. The molecule has 2 amide bonds. The van der Waals surface area contributed by atoms with Crippen molar-refractivity contribution in [3.8, 4) is 0 Å². The van der Waals surface area contributed by atoms with Gasteiger partial charge < -0.3 is 20.3 Å². The molecule has 29 heavy (non-hydrogen) atoms. The highest BCUT2D eigenvalue weighted by Crippen LogP contribution is 2.17. The Kier molecular flexibility index (Phi) is 7.05. The van der Waals surface area contributed by atoms with Gasteiger partial charge in [-0.3, -0.25) is 4.79 Å². The number of amides is 2. The van der Waals surface area contributed by atoms with E-state index < -0.39 is 0 Å². The third-order valence-electron chi connectivity index (χ3n) is 5.05. The second-order valence-corrected chi connectivity index (χ2v) is 7.14. The predicted molar refractivity (Wildman–Crippen MR) is 112 cm³/mol. The summed E-state index contributed by atoms with van der Waals surface area (Å²) in [6.45, 7) is 5.48. The van der Waals surface area contributed by atoms with E-state index in [2.05, 4.69) is 15.6 Å². The number of pyridine rings is 1. The number of benzene rings is 1. The number of piperidine rings is 1. The predicted octanol–water partition coefficient (Wildman–Crippen LogP) is 3.61. The van der Waals surface area contributed by atoms with E-state index in [1.54, 1.807) is 17.2 Å². The zero-order chi connectivity index (χ0) is 20.6. The SMILES string of the molecule is CCOC(=O)N1CCC(Nc2ccc(C(=O)NC(C)c3ccccc3)cn2)CC1. The molecule has 1 aliphatic heterocycles. The fourth-order valence-corrected chi connectivity index (χ4v) is 3.35. The summed E-state index contributed by atoms with van der Waals surface area (Å²) >= 11 is 0. The molecule has 0 aliphatic carbocycles. The molecule has 7 heteroatoms. The summed E-state index contributed by atoms with van der Waals surface area (Å²) in [5, 5.41) is 6.37. The highest BCUT2D eigenvalue weighted by Gasteiger charge is 2.23. The molecule has 3 rings (SSSR count). The Bertz CT molecular complexity index is 803. The van der Waals surface area contributed by atoms with Crippen LogP contribution >= 0.6 is 0 Å². The third kappa shape index (κ3) is 5.70. The molecular weight excluding hydrogens is 368 g/mol. The topological polar surface area (TPSA) is 83.6 Å². The molecule has 154 valence electrons. The molecule has 1 aliphatic rings. The molecule has 1 atom stereocenters. The van der Waals surface area contributed by atoms with Crippen molar-refractivity contribution in [2.75, 3.05) is 25.0 Å². The first-order valence-corrected chi connectivity index (χ1v) is 10.1. The lowest BCUT2D eigenvalue weighted by Crippen LogP contribution is -2.42. The van der Waals surface area contributed by atoms with Gasteiger partial charge >= 0.3 is 6.09 Å². The van der Waals surface area contributed by atoms with Crippen molar-refractivity contribution >= 4 is 17.8 Å². The van der Waals surface area contributed by atoms with Gasteiger partial charge in [0, 0.05) is 25.3 Å². The molecule has 0 radical (unpaired) electrons. The third-order valence-corrected chi connectivity index (χ3v) is 5.05. The van der Waals surface area contributed by atoms with E-state index in [0.29, 0.717) is 25.3 Å². The van der Waals surface area contributed by atoms with E-state index in [1.807, 2.05) is 50.2 Å². The average molecular weight is 396 g/mol. The summed E-state index contributed by atoms with van der Waals surface area (Å²) in [6.07, 6.45) is 3.00. The Morgan fingerprint density at radius 3 is 2.52 bits per heavy atom. The van der Waals surface area contributed by atoms with Crippen LogP contribution in [0.5, 0.6) is 0 Å². The highest BCUT2D eigenvalue weighted by molar-refractivity contribution is 5.94. The number of rotatable bonds is 6. The Hall–Kier alpha value is -3.09. The average Bonchev–Trinajstić information content (AvgIpc) is 2.75. The maximum atomic E-state index is 12.5. The summed E-state index contributed by atoms with van der Waals surface area (Å²) in [4.78, 5) is 30.3. The van der Waals surface area contributed by atoms with Gasteiger partial charge in [0.1, 0.15) is 5.82 Å². The molecule has 0 bridgehead atoms. The zero-order valence-electron chi connectivity index (χ0n) is 16.9. The molecule has 1 unspecified atom stereocenters. The van der Waals surface area contributed by atoms with Crippen molar-refractivity contribution in [1.82, 2.24) is 15.2 Å². The lowest BCUT2D eigenvalue weighted by atomic mass is 10.1. The maximum absolute atomic E-state index is 12.5. The Balaban J connectivity index is 1.49. The molecule has 2 N–H and O–H groups in total. The molecular formula is C22H28N4O3. The summed E-state index contributed by atoms with van der Waals surface area (Å²) in [5.41, 5.74) is 1.58. The number of hydrogen-bond acceptors (Lipinski definition) is 5. The van der Waals surface area contributed by atoms with Crippen LogP contribution in [0.3, 0.4) is 0 Å². The molecule has 0 spiro atoms. The zero-order valence-corrected chi connectivity index (χ0v) is 16.9.